The van der Waals surface area contributed by atoms with Crippen molar-refractivity contribution < 1.29 is 9.59 Å². The summed E-state index contributed by atoms with van der Waals surface area (Å²) >= 11 is 12.3. The van der Waals surface area contributed by atoms with E-state index in [0.29, 0.717) is 15.7 Å². The summed E-state index contributed by atoms with van der Waals surface area (Å²) in [5, 5.41) is 7.29. The summed E-state index contributed by atoms with van der Waals surface area (Å²) in [4.78, 5) is 23.9. The molecule has 8 heteroatoms. The third kappa shape index (κ3) is 4.67. The molecule has 0 saturated heterocycles. The van der Waals surface area contributed by atoms with E-state index in [9.17, 15) is 9.59 Å². The van der Waals surface area contributed by atoms with E-state index in [1.807, 2.05) is 48.7 Å². The highest BCUT2D eigenvalue weighted by Crippen LogP contribution is 2.25. The molecule has 0 atom stereocenters. The number of aromatic nitrogens is 1. The fourth-order valence-corrected chi connectivity index (χ4v) is 3.28. The van der Waals surface area contributed by atoms with Crippen LogP contribution < -0.4 is 10.7 Å². The van der Waals surface area contributed by atoms with Gasteiger partial charge < -0.3 is 9.88 Å². The second-order valence-corrected chi connectivity index (χ2v) is 7.06. The van der Waals surface area contributed by atoms with Gasteiger partial charge in [-0.3, -0.25) is 9.59 Å². The first-order valence-electron chi connectivity index (χ1n) is 8.71. The minimum atomic E-state index is -0.902. The van der Waals surface area contributed by atoms with Crippen molar-refractivity contribution in [3.63, 3.8) is 0 Å². The molecule has 0 aliphatic rings. The number of rotatable bonds is 4. The fourth-order valence-electron chi connectivity index (χ4n) is 2.87. The van der Waals surface area contributed by atoms with E-state index in [2.05, 4.69) is 15.8 Å². The van der Waals surface area contributed by atoms with Crippen LogP contribution in [0.5, 0.6) is 0 Å². The highest BCUT2D eigenvalue weighted by molar-refractivity contribution is 6.41. The number of nitrogens with zero attached hydrogens (tertiary/aromatic N) is 2. The number of anilines is 1. The van der Waals surface area contributed by atoms with Gasteiger partial charge in [0, 0.05) is 17.0 Å². The lowest BCUT2D eigenvalue weighted by Gasteiger charge is -2.11. The van der Waals surface area contributed by atoms with Crippen molar-refractivity contribution in [2.45, 2.75) is 13.8 Å². The van der Waals surface area contributed by atoms with Crippen molar-refractivity contribution in [3.05, 3.63) is 81.6 Å². The van der Waals surface area contributed by atoms with Crippen LogP contribution in [0.2, 0.25) is 10.0 Å². The number of hydrogen-bond acceptors (Lipinski definition) is 3. The number of benzene rings is 2. The zero-order valence-electron chi connectivity index (χ0n) is 15.7. The minimum absolute atomic E-state index is 0.337. The predicted molar refractivity (Wildman–Crippen MR) is 116 cm³/mol. The van der Waals surface area contributed by atoms with Crippen molar-refractivity contribution in [2.24, 2.45) is 5.10 Å². The maximum Gasteiger partial charge on any atom is 0.329 e. The maximum atomic E-state index is 12.0. The highest BCUT2D eigenvalue weighted by Gasteiger charge is 2.15. The molecule has 0 saturated carbocycles. The molecular formula is C21H18Cl2N4O2. The zero-order valence-corrected chi connectivity index (χ0v) is 17.3. The summed E-state index contributed by atoms with van der Waals surface area (Å²) in [5.41, 5.74) is 6.06. The Labute approximate surface area is 178 Å². The molecule has 0 aliphatic carbocycles. The molecule has 148 valence electrons. The zero-order chi connectivity index (χ0) is 21.0. The Morgan fingerprint density at radius 3 is 2.31 bits per heavy atom. The van der Waals surface area contributed by atoms with E-state index in [-0.39, 0.29) is 0 Å². The molecule has 0 spiro atoms. The van der Waals surface area contributed by atoms with Crippen LogP contribution in [0, 0.1) is 13.8 Å². The van der Waals surface area contributed by atoms with Crippen molar-refractivity contribution >= 4 is 46.9 Å². The van der Waals surface area contributed by atoms with Crippen molar-refractivity contribution in [1.82, 2.24) is 9.99 Å². The molecule has 2 amide bonds. The third-order valence-electron chi connectivity index (χ3n) is 4.26. The Hall–Kier alpha value is -3.09. The molecule has 1 heterocycles. The quantitative estimate of drug-likeness (QED) is 0.364. The van der Waals surface area contributed by atoms with Crippen LogP contribution in [0.15, 0.2) is 59.7 Å². The second kappa shape index (κ2) is 8.94. The fraction of sp³-hybridized carbons (Fsp3) is 0.0952. The van der Waals surface area contributed by atoms with Gasteiger partial charge in [0.15, 0.2) is 0 Å². The van der Waals surface area contributed by atoms with Crippen LogP contribution in [0.25, 0.3) is 5.69 Å². The smallest absolute Gasteiger partial charge is 0.316 e. The molecular weight excluding hydrogens is 411 g/mol. The maximum absolute atomic E-state index is 12.0. The minimum Gasteiger partial charge on any atom is -0.316 e. The van der Waals surface area contributed by atoms with Crippen LogP contribution in [-0.4, -0.2) is 22.6 Å². The van der Waals surface area contributed by atoms with Gasteiger partial charge >= 0.3 is 11.8 Å². The molecule has 0 unspecified atom stereocenters. The SMILES string of the molecule is Cc1cc(/C=N\NC(=O)C(=O)Nc2ccccc2Cl)c(C)n1-c1ccccc1Cl. The molecule has 0 fully saturated rings. The number of carbonyl (C=O) groups excluding carboxylic acids is 2. The standard InChI is InChI=1S/C21H18Cl2N4O2/c1-13-11-15(14(2)27(13)19-10-6-4-8-17(19)23)12-24-26-21(29)20(28)25-18-9-5-3-7-16(18)22/h3-12H,1-2H3,(H,25,28)(H,26,29)/b24-12-. The van der Waals surface area contributed by atoms with Gasteiger partial charge in [-0.2, -0.15) is 5.10 Å². The van der Waals surface area contributed by atoms with Gasteiger partial charge in [0.05, 0.1) is 27.6 Å². The summed E-state index contributed by atoms with van der Waals surface area (Å²) in [5.74, 6) is -1.77. The number of carbonyl (C=O) groups is 2. The molecule has 6 nitrogen and oxygen atoms in total. The average Bonchev–Trinajstić information content (AvgIpc) is 2.97. The van der Waals surface area contributed by atoms with Crippen molar-refractivity contribution in [2.75, 3.05) is 5.32 Å². The first kappa shape index (κ1) is 20.6. The van der Waals surface area contributed by atoms with Gasteiger partial charge in [-0.05, 0) is 44.2 Å². The van der Waals surface area contributed by atoms with Gasteiger partial charge in [0.2, 0.25) is 0 Å². The van der Waals surface area contributed by atoms with Crippen LogP contribution in [0.4, 0.5) is 5.69 Å². The first-order valence-corrected chi connectivity index (χ1v) is 9.47. The Morgan fingerprint density at radius 2 is 1.62 bits per heavy atom. The van der Waals surface area contributed by atoms with Crippen molar-refractivity contribution in [1.29, 1.82) is 0 Å². The number of hydrogen-bond donors (Lipinski definition) is 2. The molecule has 2 aromatic carbocycles. The Bertz CT molecular complexity index is 1110. The van der Waals surface area contributed by atoms with Gasteiger partial charge in [-0.25, -0.2) is 5.43 Å². The summed E-state index contributed by atoms with van der Waals surface area (Å²) in [6.07, 6.45) is 1.48. The first-order chi connectivity index (χ1) is 13.9. The number of aryl methyl sites for hydroxylation is 1. The van der Waals surface area contributed by atoms with E-state index in [4.69, 9.17) is 23.2 Å². The predicted octanol–water partition coefficient (Wildman–Crippen LogP) is 4.49. The van der Waals surface area contributed by atoms with E-state index < -0.39 is 11.8 Å². The molecule has 0 bridgehead atoms. The Morgan fingerprint density at radius 1 is 0.966 bits per heavy atom. The van der Waals surface area contributed by atoms with Gasteiger partial charge in [-0.15, -0.1) is 0 Å². The normalized spacial score (nSPS) is 10.9. The molecule has 0 radical (unpaired) electrons. The Balaban J connectivity index is 1.70. The topological polar surface area (TPSA) is 75.5 Å². The molecule has 29 heavy (non-hydrogen) atoms. The summed E-state index contributed by atoms with van der Waals surface area (Å²) in [7, 11) is 0. The second-order valence-electron chi connectivity index (χ2n) is 6.25. The van der Waals surface area contributed by atoms with Crippen LogP contribution in [-0.2, 0) is 9.59 Å². The van der Waals surface area contributed by atoms with Crippen LogP contribution >= 0.6 is 23.2 Å². The lowest BCUT2D eigenvalue weighted by atomic mass is 10.2. The number of nitrogens with one attached hydrogen (secondary N) is 2. The lowest BCUT2D eigenvalue weighted by molar-refractivity contribution is -0.136. The van der Waals surface area contributed by atoms with E-state index in [0.717, 1.165) is 22.6 Å². The molecule has 1 aromatic heterocycles. The van der Waals surface area contributed by atoms with Gasteiger partial charge in [0.1, 0.15) is 0 Å². The largest absolute Gasteiger partial charge is 0.329 e. The number of amides is 2. The molecule has 3 aromatic rings. The molecule has 2 N–H and O–H groups in total. The highest BCUT2D eigenvalue weighted by atomic mass is 35.5. The van der Waals surface area contributed by atoms with Crippen molar-refractivity contribution in [3.8, 4) is 5.69 Å². The molecule has 0 aliphatic heterocycles. The Kier molecular flexibility index (Phi) is 6.36. The van der Waals surface area contributed by atoms with E-state index in [1.54, 1.807) is 24.3 Å². The number of para-hydroxylation sites is 2. The summed E-state index contributed by atoms with van der Waals surface area (Å²) in [6, 6.07) is 16.1. The third-order valence-corrected chi connectivity index (χ3v) is 4.91. The van der Waals surface area contributed by atoms with Crippen LogP contribution in [0.3, 0.4) is 0 Å². The van der Waals surface area contributed by atoms with Crippen LogP contribution in [0.1, 0.15) is 17.0 Å². The summed E-state index contributed by atoms with van der Waals surface area (Å²) < 4.78 is 2.00. The average molecular weight is 429 g/mol. The number of halogens is 2. The number of hydrazone groups is 1. The van der Waals surface area contributed by atoms with Gasteiger partial charge in [0.25, 0.3) is 0 Å². The van der Waals surface area contributed by atoms with E-state index in [1.165, 1.54) is 6.21 Å². The monoisotopic (exact) mass is 428 g/mol. The van der Waals surface area contributed by atoms with E-state index >= 15 is 0 Å². The summed E-state index contributed by atoms with van der Waals surface area (Å²) in [6.45, 7) is 3.87. The van der Waals surface area contributed by atoms with Gasteiger partial charge in [-0.1, -0.05) is 47.5 Å². The lowest BCUT2D eigenvalue weighted by Crippen LogP contribution is -2.32. The molecule has 3 rings (SSSR count).